The van der Waals surface area contributed by atoms with E-state index in [0.29, 0.717) is 12.1 Å². The van der Waals surface area contributed by atoms with E-state index in [4.69, 9.17) is 10.5 Å². The van der Waals surface area contributed by atoms with E-state index >= 15 is 0 Å². The zero-order valence-electron chi connectivity index (χ0n) is 11.4. The van der Waals surface area contributed by atoms with Gasteiger partial charge in [0.1, 0.15) is 0 Å². The fourth-order valence-corrected chi connectivity index (χ4v) is 3.95. The molecule has 0 aromatic heterocycles. The number of nitrogens with one attached hydrogen (secondary N) is 1. The van der Waals surface area contributed by atoms with Crippen LogP contribution in [0.15, 0.2) is 0 Å². The van der Waals surface area contributed by atoms with Crippen molar-refractivity contribution in [2.24, 2.45) is 5.73 Å². The van der Waals surface area contributed by atoms with E-state index < -0.39 is 0 Å². The lowest BCUT2D eigenvalue weighted by atomic mass is 9.98. The molecule has 3 N–H and O–H groups in total. The van der Waals surface area contributed by atoms with E-state index in [2.05, 4.69) is 10.2 Å². The molecule has 2 aliphatic heterocycles. The van der Waals surface area contributed by atoms with Gasteiger partial charge in [0, 0.05) is 38.8 Å². The Balaban J connectivity index is 1.53. The van der Waals surface area contributed by atoms with Gasteiger partial charge in [0.15, 0.2) is 0 Å². The van der Waals surface area contributed by atoms with Crippen LogP contribution in [0.5, 0.6) is 0 Å². The average Bonchev–Trinajstić information content (AvgIpc) is 3.01. The molecular weight excluding hydrogens is 226 g/mol. The van der Waals surface area contributed by atoms with Crippen molar-refractivity contribution in [3.05, 3.63) is 0 Å². The molecule has 0 bridgehead atoms. The molecule has 2 heterocycles. The molecule has 1 spiro atoms. The van der Waals surface area contributed by atoms with Gasteiger partial charge in [-0.2, -0.15) is 0 Å². The zero-order chi connectivity index (χ0) is 12.4. The lowest BCUT2D eigenvalue weighted by Gasteiger charge is -2.37. The third-order valence-electron chi connectivity index (χ3n) is 5.04. The van der Waals surface area contributed by atoms with Gasteiger partial charge in [0.2, 0.25) is 0 Å². The van der Waals surface area contributed by atoms with E-state index in [1.54, 1.807) is 0 Å². The van der Waals surface area contributed by atoms with E-state index in [9.17, 15) is 0 Å². The minimum Gasteiger partial charge on any atom is -0.370 e. The predicted molar refractivity (Wildman–Crippen MR) is 72.6 cm³/mol. The highest BCUT2D eigenvalue weighted by molar-refractivity contribution is 4.94. The topological polar surface area (TPSA) is 50.5 Å². The van der Waals surface area contributed by atoms with Gasteiger partial charge < -0.3 is 15.8 Å². The highest BCUT2D eigenvalue weighted by Gasteiger charge is 2.42. The van der Waals surface area contributed by atoms with Crippen LogP contribution in [0.2, 0.25) is 0 Å². The molecule has 3 aliphatic rings. The molecule has 104 valence electrons. The van der Waals surface area contributed by atoms with Crippen molar-refractivity contribution in [2.75, 3.05) is 32.7 Å². The van der Waals surface area contributed by atoms with E-state index in [1.807, 2.05) is 0 Å². The summed E-state index contributed by atoms with van der Waals surface area (Å²) in [6.07, 6.45) is 8.32. The lowest BCUT2D eigenvalue weighted by molar-refractivity contribution is -0.0525. The fourth-order valence-electron chi connectivity index (χ4n) is 3.95. The lowest BCUT2D eigenvalue weighted by Crippen LogP contribution is -2.56. The SMILES string of the molecule is NCC1CNCCN1CC1CCC2(CCCC2)O1. The van der Waals surface area contributed by atoms with Crippen molar-refractivity contribution in [1.82, 2.24) is 10.2 Å². The van der Waals surface area contributed by atoms with Gasteiger partial charge in [-0.1, -0.05) is 12.8 Å². The number of rotatable bonds is 3. The van der Waals surface area contributed by atoms with Crippen LogP contribution >= 0.6 is 0 Å². The summed E-state index contributed by atoms with van der Waals surface area (Å²) in [7, 11) is 0. The zero-order valence-corrected chi connectivity index (χ0v) is 11.4. The Labute approximate surface area is 110 Å². The summed E-state index contributed by atoms with van der Waals surface area (Å²) in [5.74, 6) is 0. The Morgan fingerprint density at radius 2 is 2.11 bits per heavy atom. The van der Waals surface area contributed by atoms with Gasteiger partial charge in [0.25, 0.3) is 0 Å². The molecule has 0 aromatic rings. The maximum atomic E-state index is 6.40. The van der Waals surface area contributed by atoms with Crippen molar-refractivity contribution in [2.45, 2.75) is 56.3 Å². The first-order chi connectivity index (χ1) is 8.81. The largest absolute Gasteiger partial charge is 0.370 e. The summed E-state index contributed by atoms with van der Waals surface area (Å²) in [5.41, 5.74) is 6.14. The minimum absolute atomic E-state index is 0.275. The summed E-state index contributed by atoms with van der Waals surface area (Å²) >= 11 is 0. The van der Waals surface area contributed by atoms with Crippen LogP contribution in [-0.2, 0) is 4.74 Å². The van der Waals surface area contributed by atoms with Crippen molar-refractivity contribution in [3.63, 3.8) is 0 Å². The molecule has 0 radical (unpaired) electrons. The van der Waals surface area contributed by atoms with Crippen molar-refractivity contribution in [3.8, 4) is 0 Å². The van der Waals surface area contributed by atoms with Gasteiger partial charge in [-0.25, -0.2) is 0 Å². The first-order valence-corrected chi connectivity index (χ1v) is 7.64. The molecule has 18 heavy (non-hydrogen) atoms. The quantitative estimate of drug-likeness (QED) is 0.778. The molecule has 2 atom stereocenters. The average molecular weight is 253 g/mol. The van der Waals surface area contributed by atoms with Crippen LogP contribution < -0.4 is 11.1 Å². The van der Waals surface area contributed by atoms with Crippen LogP contribution in [0.4, 0.5) is 0 Å². The smallest absolute Gasteiger partial charge is 0.0710 e. The molecule has 4 nitrogen and oxygen atoms in total. The summed E-state index contributed by atoms with van der Waals surface area (Å²) in [6, 6.07) is 0.502. The van der Waals surface area contributed by atoms with Gasteiger partial charge in [0.05, 0.1) is 11.7 Å². The van der Waals surface area contributed by atoms with Crippen molar-refractivity contribution < 1.29 is 4.74 Å². The maximum absolute atomic E-state index is 6.40. The van der Waals surface area contributed by atoms with Crippen LogP contribution in [0.1, 0.15) is 38.5 Å². The molecule has 4 heteroatoms. The molecule has 0 amide bonds. The van der Waals surface area contributed by atoms with E-state index in [0.717, 1.165) is 32.7 Å². The van der Waals surface area contributed by atoms with Crippen LogP contribution in [0, 0.1) is 0 Å². The van der Waals surface area contributed by atoms with Crippen LogP contribution in [-0.4, -0.2) is 55.4 Å². The second-order valence-corrected chi connectivity index (χ2v) is 6.26. The second-order valence-electron chi connectivity index (χ2n) is 6.26. The third kappa shape index (κ3) is 2.57. The summed E-state index contributed by atoms with van der Waals surface area (Å²) in [4.78, 5) is 2.54. The number of nitrogens with two attached hydrogens (primary N) is 1. The van der Waals surface area contributed by atoms with Gasteiger partial charge in [-0.15, -0.1) is 0 Å². The third-order valence-corrected chi connectivity index (χ3v) is 5.04. The first-order valence-electron chi connectivity index (χ1n) is 7.64. The normalized spacial score (nSPS) is 36.5. The van der Waals surface area contributed by atoms with Gasteiger partial charge >= 0.3 is 0 Å². The Bertz CT molecular complexity index is 278. The Kier molecular flexibility index (Phi) is 3.89. The summed E-state index contributed by atoms with van der Waals surface area (Å²) < 4.78 is 6.40. The van der Waals surface area contributed by atoms with E-state index in [1.165, 1.54) is 38.5 Å². The molecular formula is C14H27N3O. The number of ether oxygens (including phenoxy) is 1. The maximum Gasteiger partial charge on any atom is 0.0710 e. The van der Waals surface area contributed by atoms with Crippen LogP contribution in [0.3, 0.4) is 0 Å². The minimum atomic E-state index is 0.275. The molecule has 1 saturated carbocycles. The Morgan fingerprint density at radius 3 is 2.89 bits per heavy atom. The fraction of sp³-hybridized carbons (Fsp3) is 1.00. The number of piperazine rings is 1. The van der Waals surface area contributed by atoms with Crippen molar-refractivity contribution in [1.29, 1.82) is 0 Å². The Morgan fingerprint density at radius 1 is 1.28 bits per heavy atom. The standard InChI is InChI=1S/C14H27N3O/c15-9-12-10-16-7-8-17(12)11-13-3-6-14(18-13)4-1-2-5-14/h12-13,16H,1-11,15H2. The highest BCUT2D eigenvalue weighted by Crippen LogP contribution is 2.43. The summed E-state index contributed by atoms with van der Waals surface area (Å²) in [6.45, 7) is 5.09. The van der Waals surface area contributed by atoms with E-state index in [-0.39, 0.29) is 5.60 Å². The molecule has 3 rings (SSSR count). The first kappa shape index (κ1) is 12.9. The highest BCUT2D eigenvalue weighted by atomic mass is 16.5. The molecule has 2 saturated heterocycles. The number of nitrogens with zero attached hydrogens (tertiary/aromatic N) is 1. The Hall–Kier alpha value is -0.160. The second kappa shape index (κ2) is 5.45. The predicted octanol–water partition coefficient (Wildman–Crippen LogP) is 0.711. The monoisotopic (exact) mass is 253 g/mol. The van der Waals surface area contributed by atoms with Crippen molar-refractivity contribution >= 4 is 0 Å². The summed E-state index contributed by atoms with van der Waals surface area (Å²) in [5, 5.41) is 3.43. The van der Waals surface area contributed by atoms with Crippen LogP contribution in [0.25, 0.3) is 0 Å². The molecule has 3 fully saturated rings. The van der Waals surface area contributed by atoms with Gasteiger partial charge in [-0.3, -0.25) is 4.90 Å². The number of hydrogen-bond acceptors (Lipinski definition) is 4. The number of hydrogen-bond donors (Lipinski definition) is 2. The molecule has 2 unspecified atom stereocenters. The molecule has 0 aromatic carbocycles. The van der Waals surface area contributed by atoms with Gasteiger partial charge in [-0.05, 0) is 25.7 Å². The molecule has 1 aliphatic carbocycles.